The van der Waals surface area contributed by atoms with Crippen LogP contribution in [0, 0.1) is 5.41 Å². The van der Waals surface area contributed by atoms with Crippen LogP contribution in [0.3, 0.4) is 0 Å². The monoisotopic (exact) mass is 232 g/mol. The second-order valence-electron chi connectivity index (χ2n) is 3.43. The molecule has 3 nitrogen and oxygen atoms in total. The van der Waals surface area contributed by atoms with E-state index < -0.39 is 11.9 Å². The average Bonchev–Trinajstić information content (AvgIpc) is 2.14. The quantitative estimate of drug-likeness (QED) is 0.814. The van der Waals surface area contributed by atoms with E-state index in [2.05, 4.69) is 4.98 Å². The van der Waals surface area contributed by atoms with Crippen molar-refractivity contribution in [2.45, 2.75) is 26.1 Å². The minimum Gasteiger partial charge on any atom is -0.475 e. The normalized spacial score (nSPS) is 11.6. The van der Waals surface area contributed by atoms with Gasteiger partial charge in [0.2, 0.25) is 5.88 Å². The summed E-state index contributed by atoms with van der Waals surface area (Å²) in [7, 11) is 0. The van der Waals surface area contributed by atoms with E-state index in [0.29, 0.717) is 0 Å². The lowest BCUT2D eigenvalue weighted by atomic mass is 10.2. The minimum absolute atomic E-state index is 0.109. The standard InChI is InChI=1S/C10H11F3N2O/c1-6(2)16-9-4-7(5-14)3-8(15-9)10(11,12)13/h3-6,14H,1-2H3. The molecule has 0 atom stereocenters. The van der Waals surface area contributed by atoms with Crippen LogP contribution in [0.15, 0.2) is 12.1 Å². The van der Waals surface area contributed by atoms with Crippen molar-refractivity contribution >= 4 is 6.21 Å². The van der Waals surface area contributed by atoms with Crippen molar-refractivity contribution in [1.82, 2.24) is 4.98 Å². The molecule has 0 aliphatic rings. The molecular formula is C10H11F3N2O. The maximum Gasteiger partial charge on any atom is 0.433 e. The van der Waals surface area contributed by atoms with Crippen molar-refractivity contribution in [3.05, 3.63) is 23.4 Å². The van der Waals surface area contributed by atoms with Crippen molar-refractivity contribution in [2.24, 2.45) is 0 Å². The molecule has 0 aliphatic carbocycles. The number of halogens is 3. The average molecular weight is 232 g/mol. The molecule has 0 radical (unpaired) electrons. The van der Waals surface area contributed by atoms with Gasteiger partial charge < -0.3 is 10.1 Å². The highest BCUT2D eigenvalue weighted by Gasteiger charge is 2.33. The molecule has 1 aromatic heterocycles. The Morgan fingerprint density at radius 3 is 2.44 bits per heavy atom. The lowest BCUT2D eigenvalue weighted by molar-refractivity contribution is -0.141. The molecule has 0 saturated heterocycles. The zero-order valence-corrected chi connectivity index (χ0v) is 8.80. The first-order chi connectivity index (χ1) is 7.32. The van der Waals surface area contributed by atoms with Crippen molar-refractivity contribution in [3.63, 3.8) is 0 Å². The second kappa shape index (κ2) is 4.51. The van der Waals surface area contributed by atoms with Crippen LogP contribution >= 0.6 is 0 Å². The smallest absolute Gasteiger partial charge is 0.433 e. The molecular weight excluding hydrogens is 221 g/mol. The molecule has 0 unspecified atom stereocenters. The maximum absolute atomic E-state index is 12.4. The number of hydrogen-bond acceptors (Lipinski definition) is 3. The predicted octanol–water partition coefficient (Wildman–Crippen LogP) is 2.89. The first kappa shape index (κ1) is 12.5. The molecule has 0 amide bonds. The summed E-state index contributed by atoms with van der Waals surface area (Å²) in [6.07, 6.45) is -3.98. The lowest BCUT2D eigenvalue weighted by Crippen LogP contribution is -2.12. The summed E-state index contributed by atoms with van der Waals surface area (Å²) in [6, 6.07) is 2.10. The summed E-state index contributed by atoms with van der Waals surface area (Å²) in [5.41, 5.74) is -0.942. The van der Waals surface area contributed by atoms with E-state index in [1.165, 1.54) is 6.07 Å². The summed E-state index contributed by atoms with van der Waals surface area (Å²) in [5.74, 6) is -0.122. The van der Waals surface area contributed by atoms with Gasteiger partial charge in [-0.05, 0) is 25.5 Å². The van der Waals surface area contributed by atoms with Gasteiger partial charge in [0, 0.05) is 12.3 Å². The van der Waals surface area contributed by atoms with Gasteiger partial charge in [-0.2, -0.15) is 13.2 Å². The van der Waals surface area contributed by atoms with E-state index >= 15 is 0 Å². The van der Waals surface area contributed by atoms with E-state index in [4.69, 9.17) is 10.1 Å². The first-order valence-electron chi connectivity index (χ1n) is 4.59. The zero-order valence-electron chi connectivity index (χ0n) is 8.80. The Bertz CT molecular complexity index is 388. The molecule has 0 aliphatic heterocycles. The van der Waals surface area contributed by atoms with Crippen molar-refractivity contribution < 1.29 is 17.9 Å². The number of alkyl halides is 3. The molecule has 0 spiro atoms. The number of rotatable bonds is 3. The van der Waals surface area contributed by atoms with E-state index in [1.54, 1.807) is 13.8 Å². The van der Waals surface area contributed by atoms with Gasteiger partial charge in [0.1, 0.15) is 5.69 Å². The molecule has 88 valence electrons. The molecule has 1 rings (SSSR count). The van der Waals surface area contributed by atoms with Crippen LogP contribution in [-0.2, 0) is 6.18 Å². The Balaban J connectivity index is 3.16. The van der Waals surface area contributed by atoms with Crippen LogP contribution in [-0.4, -0.2) is 17.3 Å². The fourth-order valence-corrected chi connectivity index (χ4v) is 1.06. The highest BCUT2D eigenvalue weighted by atomic mass is 19.4. The van der Waals surface area contributed by atoms with Gasteiger partial charge in [-0.15, -0.1) is 0 Å². The fourth-order valence-electron chi connectivity index (χ4n) is 1.06. The van der Waals surface area contributed by atoms with Gasteiger partial charge in [0.15, 0.2) is 0 Å². The lowest BCUT2D eigenvalue weighted by Gasteiger charge is -2.12. The first-order valence-corrected chi connectivity index (χ1v) is 4.59. The van der Waals surface area contributed by atoms with Crippen molar-refractivity contribution in [3.8, 4) is 5.88 Å². The number of nitrogens with zero attached hydrogens (tertiary/aromatic N) is 1. The van der Waals surface area contributed by atoms with Crippen LogP contribution in [0.1, 0.15) is 25.1 Å². The maximum atomic E-state index is 12.4. The SMILES string of the molecule is CC(C)Oc1cc(C=N)cc(C(F)(F)F)n1. The number of aromatic nitrogens is 1. The number of pyridine rings is 1. The summed E-state index contributed by atoms with van der Waals surface area (Å²) in [6.45, 7) is 3.37. The third-order valence-electron chi connectivity index (χ3n) is 1.64. The molecule has 1 aromatic rings. The van der Waals surface area contributed by atoms with Gasteiger partial charge in [-0.25, -0.2) is 4.98 Å². The highest BCUT2D eigenvalue weighted by Crippen LogP contribution is 2.29. The Morgan fingerprint density at radius 2 is 2.00 bits per heavy atom. The van der Waals surface area contributed by atoms with E-state index in [9.17, 15) is 13.2 Å². The van der Waals surface area contributed by atoms with Gasteiger partial charge in [0.05, 0.1) is 6.10 Å². The van der Waals surface area contributed by atoms with E-state index in [-0.39, 0.29) is 17.5 Å². The summed E-state index contributed by atoms with van der Waals surface area (Å²) >= 11 is 0. The largest absolute Gasteiger partial charge is 0.475 e. The van der Waals surface area contributed by atoms with Crippen molar-refractivity contribution in [1.29, 1.82) is 5.41 Å². The van der Waals surface area contributed by atoms with Gasteiger partial charge in [-0.3, -0.25) is 0 Å². The fraction of sp³-hybridized carbons (Fsp3) is 0.400. The molecule has 0 bridgehead atoms. The van der Waals surface area contributed by atoms with Gasteiger partial charge in [0.25, 0.3) is 0 Å². The van der Waals surface area contributed by atoms with Gasteiger partial charge in [-0.1, -0.05) is 0 Å². The molecule has 1 N–H and O–H groups in total. The summed E-state index contributed by atoms with van der Waals surface area (Å²) < 4.78 is 42.4. The zero-order chi connectivity index (χ0) is 12.3. The Labute approximate surface area is 90.8 Å². The van der Waals surface area contributed by atoms with Crippen LogP contribution in [0.2, 0.25) is 0 Å². The third-order valence-corrected chi connectivity index (χ3v) is 1.64. The second-order valence-corrected chi connectivity index (χ2v) is 3.43. The van der Waals surface area contributed by atoms with Crippen LogP contribution < -0.4 is 4.74 Å². The summed E-state index contributed by atoms with van der Waals surface area (Å²) in [4.78, 5) is 3.34. The molecule has 16 heavy (non-hydrogen) atoms. The Morgan fingerprint density at radius 1 is 1.38 bits per heavy atom. The van der Waals surface area contributed by atoms with Crippen LogP contribution in [0.25, 0.3) is 0 Å². The molecule has 0 saturated carbocycles. The number of hydrogen-bond donors (Lipinski definition) is 1. The molecule has 0 aromatic carbocycles. The van der Waals surface area contributed by atoms with E-state index in [1.807, 2.05) is 0 Å². The molecule has 0 fully saturated rings. The Hall–Kier alpha value is -1.59. The Kier molecular flexibility index (Phi) is 3.51. The topological polar surface area (TPSA) is 46.0 Å². The molecule has 6 heteroatoms. The van der Waals surface area contributed by atoms with Gasteiger partial charge >= 0.3 is 6.18 Å². The van der Waals surface area contributed by atoms with Crippen LogP contribution in [0.4, 0.5) is 13.2 Å². The van der Waals surface area contributed by atoms with E-state index in [0.717, 1.165) is 12.3 Å². The third kappa shape index (κ3) is 3.22. The summed E-state index contributed by atoms with van der Waals surface area (Å²) in [5, 5.41) is 6.95. The van der Waals surface area contributed by atoms with Crippen molar-refractivity contribution in [2.75, 3.05) is 0 Å². The minimum atomic E-state index is -4.53. The number of ether oxygens (including phenoxy) is 1. The number of nitrogens with one attached hydrogen (secondary N) is 1. The molecule has 1 heterocycles. The van der Waals surface area contributed by atoms with Crippen LogP contribution in [0.5, 0.6) is 5.88 Å². The highest BCUT2D eigenvalue weighted by molar-refractivity contribution is 5.77. The predicted molar refractivity (Wildman–Crippen MR) is 52.9 cm³/mol.